The number of hydrogen-bond acceptors (Lipinski definition) is 4. The van der Waals surface area contributed by atoms with Gasteiger partial charge in [-0.1, -0.05) is 42.1 Å². The first kappa shape index (κ1) is 13.7. The summed E-state index contributed by atoms with van der Waals surface area (Å²) in [5, 5.41) is 0.830. The summed E-state index contributed by atoms with van der Waals surface area (Å²) in [6.45, 7) is 2.97. The van der Waals surface area contributed by atoms with E-state index in [-0.39, 0.29) is 5.97 Å². The fourth-order valence-electron chi connectivity index (χ4n) is 1.66. The molecule has 0 aliphatic carbocycles. The number of carbonyl (C=O) groups excluding carboxylic acids is 1. The minimum absolute atomic E-state index is 0.207. The molecule has 100 valence electrons. The van der Waals surface area contributed by atoms with E-state index in [1.807, 2.05) is 29.0 Å². The van der Waals surface area contributed by atoms with Crippen molar-refractivity contribution in [2.24, 2.45) is 0 Å². The van der Waals surface area contributed by atoms with Gasteiger partial charge in [-0.05, 0) is 12.5 Å². The molecule has 0 fully saturated rings. The average molecular weight is 276 g/mol. The molecular formula is C14H16N2O2S. The lowest BCUT2D eigenvalue weighted by Gasteiger charge is -2.07. The Bertz CT molecular complexity index is 525. The molecule has 0 saturated carbocycles. The van der Waals surface area contributed by atoms with Crippen molar-refractivity contribution in [2.45, 2.75) is 18.6 Å². The zero-order chi connectivity index (χ0) is 13.5. The average Bonchev–Trinajstić information content (AvgIpc) is 2.85. The molecule has 1 aromatic carbocycles. The molecule has 0 aliphatic rings. The third kappa shape index (κ3) is 4.13. The minimum atomic E-state index is -0.207. The lowest BCUT2D eigenvalue weighted by molar-refractivity contribution is -0.139. The Labute approximate surface area is 116 Å². The van der Waals surface area contributed by atoms with E-state index in [1.54, 1.807) is 13.1 Å². The van der Waals surface area contributed by atoms with Gasteiger partial charge >= 0.3 is 5.97 Å². The smallest absolute Gasteiger partial charge is 0.316 e. The molecule has 1 heterocycles. The van der Waals surface area contributed by atoms with E-state index in [9.17, 15) is 4.79 Å². The molecule has 2 rings (SSSR count). The number of carbonyl (C=O) groups is 1. The van der Waals surface area contributed by atoms with Crippen molar-refractivity contribution in [2.75, 3.05) is 12.4 Å². The summed E-state index contributed by atoms with van der Waals surface area (Å²) in [4.78, 5) is 15.6. The monoisotopic (exact) mass is 276 g/mol. The summed E-state index contributed by atoms with van der Waals surface area (Å²) < 4.78 is 6.93. The van der Waals surface area contributed by atoms with Gasteiger partial charge in [0.1, 0.15) is 0 Å². The van der Waals surface area contributed by atoms with Crippen LogP contribution in [0.1, 0.15) is 12.5 Å². The van der Waals surface area contributed by atoms with Crippen molar-refractivity contribution >= 4 is 17.7 Å². The predicted octanol–water partition coefficient (Wildman–Crippen LogP) is 2.59. The normalized spacial score (nSPS) is 10.4. The van der Waals surface area contributed by atoms with E-state index in [4.69, 9.17) is 4.74 Å². The molecule has 5 heteroatoms. The van der Waals surface area contributed by atoms with Crippen LogP contribution in [-0.4, -0.2) is 27.9 Å². The standard InChI is InChI=1S/C14H16N2O2S/c1-2-18-13(17)11-19-14-15-8-9-16(14)10-12-6-4-3-5-7-12/h3-9H,2,10-11H2,1H3. The van der Waals surface area contributed by atoms with E-state index in [2.05, 4.69) is 17.1 Å². The fraction of sp³-hybridized carbons (Fsp3) is 0.286. The molecule has 0 atom stereocenters. The number of thioether (sulfide) groups is 1. The van der Waals surface area contributed by atoms with Crippen molar-refractivity contribution in [3.8, 4) is 0 Å². The number of hydrogen-bond donors (Lipinski definition) is 0. The number of benzene rings is 1. The molecule has 2 aromatic rings. The Morgan fingerprint density at radius 3 is 2.89 bits per heavy atom. The summed E-state index contributed by atoms with van der Waals surface area (Å²) in [6, 6.07) is 10.2. The quantitative estimate of drug-likeness (QED) is 0.601. The lowest BCUT2D eigenvalue weighted by atomic mass is 10.2. The van der Waals surface area contributed by atoms with E-state index in [1.165, 1.54) is 17.3 Å². The molecule has 4 nitrogen and oxygen atoms in total. The highest BCUT2D eigenvalue weighted by Gasteiger charge is 2.08. The van der Waals surface area contributed by atoms with Crippen molar-refractivity contribution < 1.29 is 9.53 Å². The summed E-state index contributed by atoms with van der Waals surface area (Å²) in [7, 11) is 0. The second-order valence-corrected chi connectivity index (χ2v) is 4.86. The first-order valence-electron chi connectivity index (χ1n) is 6.13. The van der Waals surface area contributed by atoms with Crippen LogP contribution in [0.15, 0.2) is 47.9 Å². The van der Waals surface area contributed by atoms with Gasteiger partial charge < -0.3 is 9.30 Å². The number of imidazole rings is 1. The van der Waals surface area contributed by atoms with Gasteiger partial charge in [-0.25, -0.2) is 4.98 Å². The van der Waals surface area contributed by atoms with Crippen molar-refractivity contribution in [3.05, 3.63) is 48.3 Å². The third-order valence-corrected chi connectivity index (χ3v) is 3.48. The van der Waals surface area contributed by atoms with Crippen LogP contribution < -0.4 is 0 Å². The van der Waals surface area contributed by atoms with Gasteiger partial charge in [0.05, 0.1) is 12.4 Å². The number of esters is 1. The first-order valence-corrected chi connectivity index (χ1v) is 7.11. The summed E-state index contributed by atoms with van der Waals surface area (Å²) in [5.74, 6) is 0.0846. The Morgan fingerprint density at radius 1 is 1.37 bits per heavy atom. The summed E-state index contributed by atoms with van der Waals surface area (Å²) >= 11 is 1.40. The molecule has 0 saturated heterocycles. The highest BCUT2D eigenvalue weighted by Crippen LogP contribution is 2.17. The summed E-state index contributed by atoms with van der Waals surface area (Å²) in [5.41, 5.74) is 1.21. The number of nitrogens with zero attached hydrogens (tertiary/aromatic N) is 2. The first-order chi connectivity index (χ1) is 9.29. The van der Waals surface area contributed by atoms with Gasteiger partial charge in [-0.3, -0.25) is 4.79 Å². The van der Waals surface area contributed by atoms with Gasteiger partial charge in [0.15, 0.2) is 5.16 Å². The minimum Gasteiger partial charge on any atom is -0.465 e. The van der Waals surface area contributed by atoms with E-state index in [0.29, 0.717) is 12.4 Å². The predicted molar refractivity (Wildman–Crippen MR) is 75.1 cm³/mol. The second-order valence-electron chi connectivity index (χ2n) is 3.92. The Kier molecular flexibility index (Phi) is 5.03. The van der Waals surface area contributed by atoms with Crippen LogP contribution >= 0.6 is 11.8 Å². The van der Waals surface area contributed by atoms with Gasteiger partial charge in [0.25, 0.3) is 0 Å². The van der Waals surface area contributed by atoms with Crippen molar-refractivity contribution in [3.63, 3.8) is 0 Å². The molecule has 0 radical (unpaired) electrons. The Morgan fingerprint density at radius 2 is 2.16 bits per heavy atom. The van der Waals surface area contributed by atoms with E-state index in [0.717, 1.165) is 11.7 Å². The molecule has 0 N–H and O–H groups in total. The lowest BCUT2D eigenvalue weighted by Crippen LogP contribution is -2.08. The number of aromatic nitrogens is 2. The maximum Gasteiger partial charge on any atom is 0.316 e. The molecule has 0 unspecified atom stereocenters. The van der Waals surface area contributed by atoms with Crippen LogP contribution in [0.5, 0.6) is 0 Å². The van der Waals surface area contributed by atoms with Crippen LogP contribution in [0, 0.1) is 0 Å². The van der Waals surface area contributed by atoms with E-state index >= 15 is 0 Å². The molecule has 0 aliphatic heterocycles. The zero-order valence-electron chi connectivity index (χ0n) is 10.8. The molecule has 19 heavy (non-hydrogen) atoms. The van der Waals surface area contributed by atoms with Crippen molar-refractivity contribution in [1.82, 2.24) is 9.55 Å². The highest BCUT2D eigenvalue weighted by atomic mass is 32.2. The third-order valence-electron chi connectivity index (χ3n) is 2.50. The van der Waals surface area contributed by atoms with Crippen LogP contribution in [0.3, 0.4) is 0 Å². The molecule has 0 amide bonds. The second kappa shape index (κ2) is 6.99. The molecule has 0 spiro atoms. The Hall–Kier alpha value is -1.75. The topological polar surface area (TPSA) is 44.1 Å². The van der Waals surface area contributed by atoms with Gasteiger partial charge in [-0.15, -0.1) is 0 Å². The Balaban J connectivity index is 1.96. The van der Waals surface area contributed by atoms with Crippen LogP contribution in [0.2, 0.25) is 0 Å². The zero-order valence-corrected chi connectivity index (χ0v) is 11.6. The van der Waals surface area contributed by atoms with Crippen molar-refractivity contribution in [1.29, 1.82) is 0 Å². The van der Waals surface area contributed by atoms with Gasteiger partial charge in [0, 0.05) is 18.9 Å². The molecular weight excluding hydrogens is 260 g/mol. The largest absolute Gasteiger partial charge is 0.465 e. The fourth-order valence-corrected chi connectivity index (χ4v) is 2.42. The van der Waals surface area contributed by atoms with Crippen LogP contribution in [0.4, 0.5) is 0 Å². The maximum absolute atomic E-state index is 11.3. The van der Waals surface area contributed by atoms with Crippen LogP contribution in [0.25, 0.3) is 0 Å². The molecule has 0 bridgehead atoms. The summed E-state index contributed by atoms with van der Waals surface area (Å²) in [6.07, 6.45) is 3.66. The molecule has 1 aromatic heterocycles. The number of ether oxygens (including phenoxy) is 1. The van der Waals surface area contributed by atoms with Gasteiger partial charge in [-0.2, -0.15) is 0 Å². The maximum atomic E-state index is 11.3. The van der Waals surface area contributed by atoms with Gasteiger partial charge in [0.2, 0.25) is 0 Å². The van der Waals surface area contributed by atoms with Crippen LogP contribution in [-0.2, 0) is 16.1 Å². The highest BCUT2D eigenvalue weighted by molar-refractivity contribution is 7.99. The number of rotatable bonds is 6. The van der Waals surface area contributed by atoms with E-state index < -0.39 is 0 Å². The SMILES string of the molecule is CCOC(=O)CSc1nccn1Cc1ccccc1.